The number of carbonyl (C=O) groups is 1. The molecule has 1 atom stereocenters. The van der Waals surface area contributed by atoms with Crippen molar-refractivity contribution >= 4 is 5.91 Å². The van der Waals surface area contributed by atoms with Crippen molar-refractivity contribution in [2.24, 2.45) is 0 Å². The molecular formula is C11H15N3O. The fourth-order valence-electron chi connectivity index (χ4n) is 1.32. The van der Waals surface area contributed by atoms with Crippen LogP contribution in [0.5, 0.6) is 0 Å². The molecule has 0 aliphatic rings. The summed E-state index contributed by atoms with van der Waals surface area (Å²) < 4.78 is 1.83. The quantitative estimate of drug-likeness (QED) is 0.742. The number of carbonyl (C=O) groups excluding carboxylic acids is 1. The van der Waals surface area contributed by atoms with Gasteiger partial charge in [-0.05, 0) is 20.8 Å². The molecule has 0 aromatic carbocycles. The first-order valence-electron chi connectivity index (χ1n) is 4.79. The van der Waals surface area contributed by atoms with Crippen molar-refractivity contribution in [1.29, 1.82) is 0 Å². The predicted octanol–water partition coefficient (Wildman–Crippen LogP) is 0.810. The molecule has 1 aromatic heterocycles. The van der Waals surface area contributed by atoms with Gasteiger partial charge >= 0.3 is 0 Å². The number of hydrogen-bond acceptors (Lipinski definition) is 2. The molecule has 0 saturated heterocycles. The van der Waals surface area contributed by atoms with Crippen LogP contribution in [0.2, 0.25) is 0 Å². The molecule has 4 nitrogen and oxygen atoms in total. The average molecular weight is 205 g/mol. The summed E-state index contributed by atoms with van der Waals surface area (Å²) in [6.07, 6.45) is 6.74. The number of imidazole rings is 1. The molecule has 80 valence electrons. The number of terminal acetylenes is 1. The van der Waals surface area contributed by atoms with E-state index in [-0.39, 0.29) is 18.5 Å². The van der Waals surface area contributed by atoms with Crippen LogP contribution < -0.4 is 5.32 Å². The van der Waals surface area contributed by atoms with Gasteiger partial charge in [-0.2, -0.15) is 0 Å². The number of aromatic nitrogens is 2. The van der Waals surface area contributed by atoms with Crippen molar-refractivity contribution < 1.29 is 4.79 Å². The highest BCUT2D eigenvalue weighted by Crippen LogP contribution is 2.12. The number of rotatable bonds is 3. The number of nitrogens with zero attached hydrogens (tertiary/aromatic N) is 2. The minimum absolute atomic E-state index is 0.0894. The Hall–Kier alpha value is -1.76. The first kappa shape index (κ1) is 11.3. The highest BCUT2D eigenvalue weighted by Gasteiger charge is 2.16. The zero-order valence-corrected chi connectivity index (χ0v) is 9.24. The van der Waals surface area contributed by atoms with Crippen LogP contribution in [0.3, 0.4) is 0 Å². The second-order valence-electron chi connectivity index (χ2n) is 3.42. The molecule has 0 spiro atoms. The Bertz CT molecular complexity index is 400. The van der Waals surface area contributed by atoms with Gasteiger partial charge in [0.25, 0.3) is 0 Å². The van der Waals surface area contributed by atoms with E-state index in [0.717, 1.165) is 11.4 Å². The smallest absolute Gasteiger partial charge is 0.243 e. The van der Waals surface area contributed by atoms with E-state index >= 15 is 0 Å². The molecule has 15 heavy (non-hydrogen) atoms. The summed E-state index contributed by atoms with van der Waals surface area (Å²) in [6.45, 7) is 5.93. The van der Waals surface area contributed by atoms with Crippen LogP contribution in [-0.4, -0.2) is 22.0 Å². The summed E-state index contributed by atoms with van der Waals surface area (Å²) in [5, 5.41) is 2.64. The van der Waals surface area contributed by atoms with Gasteiger partial charge in [0, 0.05) is 5.69 Å². The predicted molar refractivity (Wildman–Crippen MR) is 58.3 cm³/mol. The highest BCUT2D eigenvalue weighted by molar-refractivity contribution is 5.80. The van der Waals surface area contributed by atoms with Crippen molar-refractivity contribution in [3.05, 3.63) is 17.7 Å². The fraction of sp³-hybridized carbons (Fsp3) is 0.455. The lowest BCUT2D eigenvalue weighted by molar-refractivity contribution is -0.123. The third-order valence-electron chi connectivity index (χ3n) is 2.45. The van der Waals surface area contributed by atoms with E-state index in [2.05, 4.69) is 16.2 Å². The molecule has 1 N–H and O–H groups in total. The maximum Gasteiger partial charge on any atom is 0.243 e. The SMILES string of the molecule is C#CCNC(=O)C(C)n1cnc(C)c1C. The Balaban J connectivity index is 2.77. The van der Waals surface area contributed by atoms with Crippen LogP contribution in [-0.2, 0) is 4.79 Å². The monoisotopic (exact) mass is 205 g/mol. The second kappa shape index (κ2) is 4.65. The van der Waals surface area contributed by atoms with Crippen LogP contribution in [0.25, 0.3) is 0 Å². The van der Waals surface area contributed by atoms with E-state index in [1.54, 1.807) is 6.33 Å². The summed E-state index contributed by atoms with van der Waals surface area (Å²) in [5.41, 5.74) is 1.94. The first-order valence-corrected chi connectivity index (χ1v) is 4.79. The molecule has 1 aromatic rings. The van der Waals surface area contributed by atoms with Gasteiger partial charge in [-0.25, -0.2) is 4.98 Å². The van der Waals surface area contributed by atoms with Gasteiger partial charge in [-0.15, -0.1) is 6.42 Å². The molecule has 0 saturated carbocycles. The molecule has 0 fully saturated rings. The Morgan fingerprint density at radius 2 is 2.40 bits per heavy atom. The largest absolute Gasteiger partial charge is 0.343 e. The van der Waals surface area contributed by atoms with Gasteiger partial charge in [-0.3, -0.25) is 4.79 Å². The summed E-state index contributed by atoms with van der Waals surface area (Å²) in [7, 11) is 0. The zero-order valence-electron chi connectivity index (χ0n) is 9.24. The number of aryl methyl sites for hydroxylation is 1. The Kier molecular flexibility index (Phi) is 3.51. The van der Waals surface area contributed by atoms with Gasteiger partial charge in [-0.1, -0.05) is 5.92 Å². The maximum absolute atomic E-state index is 11.6. The van der Waals surface area contributed by atoms with Gasteiger partial charge in [0.05, 0.1) is 18.6 Å². The number of nitrogens with one attached hydrogen (secondary N) is 1. The summed E-state index contributed by atoms with van der Waals surface area (Å²) in [6, 6.07) is -0.278. The second-order valence-corrected chi connectivity index (χ2v) is 3.42. The summed E-state index contributed by atoms with van der Waals surface area (Å²) in [5.74, 6) is 2.28. The molecule has 4 heteroatoms. The molecular weight excluding hydrogens is 190 g/mol. The van der Waals surface area contributed by atoms with Gasteiger partial charge in [0.15, 0.2) is 0 Å². The van der Waals surface area contributed by atoms with Crippen LogP contribution >= 0.6 is 0 Å². The number of hydrogen-bond donors (Lipinski definition) is 1. The molecule has 1 amide bonds. The molecule has 0 aliphatic heterocycles. The molecule has 1 rings (SSSR count). The van der Waals surface area contributed by atoms with Gasteiger partial charge in [0.2, 0.25) is 5.91 Å². The van der Waals surface area contributed by atoms with Crippen molar-refractivity contribution in [1.82, 2.24) is 14.9 Å². The molecule has 1 heterocycles. The fourth-order valence-corrected chi connectivity index (χ4v) is 1.32. The molecule has 0 bridgehead atoms. The van der Waals surface area contributed by atoms with Gasteiger partial charge in [0.1, 0.15) is 6.04 Å². The van der Waals surface area contributed by atoms with E-state index in [1.165, 1.54) is 0 Å². The normalized spacial score (nSPS) is 11.9. The number of amides is 1. The zero-order chi connectivity index (χ0) is 11.4. The van der Waals surface area contributed by atoms with Crippen LogP contribution in [0.4, 0.5) is 0 Å². The van der Waals surface area contributed by atoms with E-state index in [1.807, 2.05) is 25.3 Å². The van der Waals surface area contributed by atoms with Crippen molar-refractivity contribution in [2.45, 2.75) is 26.8 Å². The lowest BCUT2D eigenvalue weighted by Gasteiger charge is -2.14. The maximum atomic E-state index is 11.6. The average Bonchev–Trinajstić information content (AvgIpc) is 2.55. The third kappa shape index (κ3) is 2.38. The van der Waals surface area contributed by atoms with E-state index in [4.69, 9.17) is 6.42 Å². The molecule has 0 aliphatic carbocycles. The Labute approximate surface area is 89.7 Å². The van der Waals surface area contributed by atoms with Crippen molar-refractivity contribution in [2.75, 3.05) is 6.54 Å². The summed E-state index contributed by atoms with van der Waals surface area (Å²) in [4.78, 5) is 15.8. The van der Waals surface area contributed by atoms with Gasteiger partial charge < -0.3 is 9.88 Å². The minimum atomic E-state index is -0.278. The van der Waals surface area contributed by atoms with Crippen LogP contribution in [0.15, 0.2) is 6.33 Å². The standard InChI is InChI=1S/C11H15N3O/c1-5-6-12-11(15)10(4)14-7-13-8(2)9(14)3/h1,7,10H,6H2,2-4H3,(H,12,15). The first-order chi connectivity index (χ1) is 7.07. The minimum Gasteiger partial charge on any atom is -0.343 e. The van der Waals surface area contributed by atoms with Crippen molar-refractivity contribution in [3.8, 4) is 12.3 Å². The van der Waals surface area contributed by atoms with E-state index < -0.39 is 0 Å². The Morgan fingerprint density at radius 1 is 1.73 bits per heavy atom. The molecule has 1 unspecified atom stereocenters. The van der Waals surface area contributed by atoms with E-state index in [9.17, 15) is 4.79 Å². The lowest BCUT2D eigenvalue weighted by atomic mass is 10.3. The Morgan fingerprint density at radius 3 is 2.87 bits per heavy atom. The lowest BCUT2D eigenvalue weighted by Crippen LogP contribution is -2.31. The van der Waals surface area contributed by atoms with E-state index in [0.29, 0.717) is 0 Å². The molecule has 0 radical (unpaired) electrons. The highest BCUT2D eigenvalue weighted by atomic mass is 16.2. The van der Waals surface area contributed by atoms with Crippen LogP contribution in [0.1, 0.15) is 24.4 Å². The van der Waals surface area contributed by atoms with Crippen molar-refractivity contribution in [3.63, 3.8) is 0 Å². The summed E-state index contributed by atoms with van der Waals surface area (Å²) >= 11 is 0. The third-order valence-corrected chi connectivity index (χ3v) is 2.45. The topological polar surface area (TPSA) is 46.9 Å². The van der Waals surface area contributed by atoms with Crippen LogP contribution in [0, 0.1) is 26.2 Å².